The molecule has 1 amide bonds. The Morgan fingerprint density at radius 3 is 2.83 bits per heavy atom. The van der Waals surface area contributed by atoms with E-state index >= 15 is 0 Å². The van der Waals surface area contributed by atoms with Crippen LogP contribution in [0.3, 0.4) is 0 Å². The van der Waals surface area contributed by atoms with E-state index in [0.29, 0.717) is 19.6 Å². The molecule has 4 nitrogen and oxygen atoms in total. The number of hydrogen-bond donors (Lipinski definition) is 2. The zero-order valence-electron chi connectivity index (χ0n) is 10.7. The molecule has 3 N–H and O–H groups in total. The van der Waals surface area contributed by atoms with E-state index in [1.807, 2.05) is 38.1 Å². The lowest BCUT2D eigenvalue weighted by Gasteiger charge is -2.18. The molecule has 0 radical (unpaired) electrons. The second-order valence-corrected chi connectivity index (χ2v) is 5.74. The van der Waals surface area contributed by atoms with E-state index in [9.17, 15) is 4.79 Å². The summed E-state index contributed by atoms with van der Waals surface area (Å²) in [6, 6.07) is 7.52. The summed E-state index contributed by atoms with van der Waals surface area (Å²) in [7, 11) is 0. The summed E-state index contributed by atoms with van der Waals surface area (Å²) in [5, 5.41) is 2.77. The van der Waals surface area contributed by atoms with Crippen LogP contribution in [0.4, 0.5) is 0 Å². The summed E-state index contributed by atoms with van der Waals surface area (Å²) in [4.78, 5) is 11.5. The summed E-state index contributed by atoms with van der Waals surface area (Å²) in [5.74, 6) is 0.694. The molecule has 0 saturated carbocycles. The maximum absolute atomic E-state index is 11.5. The van der Waals surface area contributed by atoms with Gasteiger partial charge in [0, 0.05) is 16.6 Å². The highest BCUT2D eigenvalue weighted by molar-refractivity contribution is 9.10. The Labute approximate surface area is 116 Å². The molecule has 0 aliphatic heterocycles. The maximum Gasteiger partial charge on any atom is 0.223 e. The van der Waals surface area contributed by atoms with Crippen LogP contribution >= 0.6 is 15.9 Å². The van der Waals surface area contributed by atoms with Gasteiger partial charge < -0.3 is 15.8 Å². The number of nitrogens with one attached hydrogen (secondary N) is 1. The molecule has 1 aromatic carbocycles. The number of benzene rings is 1. The van der Waals surface area contributed by atoms with Crippen LogP contribution in [0.5, 0.6) is 5.75 Å². The van der Waals surface area contributed by atoms with Crippen LogP contribution in [-0.4, -0.2) is 24.6 Å². The van der Waals surface area contributed by atoms with Crippen LogP contribution in [0.25, 0.3) is 0 Å². The average molecular weight is 315 g/mol. The Kier molecular flexibility index (Phi) is 5.62. The Balaban J connectivity index is 2.23. The predicted octanol–water partition coefficient (Wildman–Crippen LogP) is 2.07. The van der Waals surface area contributed by atoms with Gasteiger partial charge in [0.1, 0.15) is 5.75 Å². The second-order valence-electron chi connectivity index (χ2n) is 4.82. The third-order valence-electron chi connectivity index (χ3n) is 2.14. The highest BCUT2D eigenvalue weighted by Crippen LogP contribution is 2.17. The molecule has 100 valence electrons. The van der Waals surface area contributed by atoms with Crippen LogP contribution in [-0.2, 0) is 4.79 Å². The molecular formula is C13H19BrN2O2. The zero-order chi connectivity index (χ0) is 13.6. The monoisotopic (exact) mass is 314 g/mol. The fraction of sp³-hybridized carbons (Fsp3) is 0.462. The van der Waals surface area contributed by atoms with Crippen molar-refractivity contribution in [2.75, 3.05) is 13.2 Å². The number of halogens is 1. The van der Waals surface area contributed by atoms with Crippen molar-refractivity contribution in [1.82, 2.24) is 5.32 Å². The van der Waals surface area contributed by atoms with Gasteiger partial charge in [-0.25, -0.2) is 0 Å². The number of ether oxygens (including phenoxy) is 1. The number of hydrogen-bond acceptors (Lipinski definition) is 3. The lowest BCUT2D eigenvalue weighted by atomic mass is 10.1. The van der Waals surface area contributed by atoms with Crippen LogP contribution in [0.1, 0.15) is 20.3 Å². The SMILES string of the molecule is CC(C)(N)CNC(=O)CCOc1cccc(Br)c1. The topological polar surface area (TPSA) is 64.3 Å². The second kappa shape index (κ2) is 6.75. The number of amides is 1. The van der Waals surface area contributed by atoms with E-state index in [0.717, 1.165) is 10.2 Å². The first-order valence-corrected chi connectivity index (χ1v) is 6.60. The minimum atomic E-state index is -0.388. The Morgan fingerprint density at radius 2 is 2.22 bits per heavy atom. The van der Waals surface area contributed by atoms with Gasteiger partial charge in [0.25, 0.3) is 0 Å². The van der Waals surface area contributed by atoms with E-state index < -0.39 is 0 Å². The number of carbonyl (C=O) groups is 1. The highest BCUT2D eigenvalue weighted by atomic mass is 79.9. The van der Waals surface area contributed by atoms with Crippen molar-refractivity contribution in [1.29, 1.82) is 0 Å². The smallest absolute Gasteiger partial charge is 0.223 e. The van der Waals surface area contributed by atoms with Crippen molar-refractivity contribution in [3.63, 3.8) is 0 Å². The Hall–Kier alpha value is -1.07. The van der Waals surface area contributed by atoms with Gasteiger partial charge in [-0.05, 0) is 32.0 Å². The molecule has 0 fully saturated rings. The van der Waals surface area contributed by atoms with Gasteiger partial charge in [-0.15, -0.1) is 0 Å². The molecule has 0 aromatic heterocycles. The summed E-state index contributed by atoms with van der Waals surface area (Å²) in [5.41, 5.74) is 5.38. The van der Waals surface area contributed by atoms with Crippen molar-refractivity contribution in [2.24, 2.45) is 5.73 Å². The van der Waals surface area contributed by atoms with Gasteiger partial charge in [0.2, 0.25) is 5.91 Å². The molecule has 0 spiro atoms. The molecule has 0 bridgehead atoms. The van der Waals surface area contributed by atoms with Crippen molar-refractivity contribution in [3.8, 4) is 5.75 Å². The standard InChI is InChI=1S/C13H19BrN2O2/c1-13(2,15)9-16-12(17)6-7-18-11-5-3-4-10(14)8-11/h3-5,8H,6-7,9,15H2,1-2H3,(H,16,17). The van der Waals surface area contributed by atoms with Crippen molar-refractivity contribution >= 4 is 21.8 Å². The number of nitrogens with two attached hydrogens (primary N) is 1. The minimum absolute atomic E-state index is 0.0523. The van der Waals surface area contributed by atoms with Gasteiger partial charge in [0.15, 0.2) is 0 Å². The summed E-state index contributed by atoms with van der Waals surface area (Å²) in [6.45, 7) is 4.55. The van der Waals surface area contributed by atoms with E-state index in [-0.39, 0.29) is 11.4 Å². The number of rotatable bonds is 6. The van der Waals surface area contributed by atoms with Gasteiger partial charge in [0.05, 0.1) is 13.0 Å². The zero-order valence-corrected chi connectivity index (χ0v) is 12.3. The molecule has 0 aliphatic carbocycles. The number of carbonyl (C=O) groups excluding carboxylic acids is 1. The van der Waals surface area contributed by atoms with Crippen LogP contribution in [0.2, 0.25) is 0 Å². The quantitative estimate of drug-likeness (QED) is 0.845. The first-order chi connectivity index (χ1) is 8.37. The van der Waals surface area contributed by atoms with Gasteiger partial charge in [-0.1, -0.05) is 22.0 Å². The Morgan fingerprint density at radius 1 is 1.50 bits per heavy atom. The largest absolute Gasteiger partial charge is 0.493 e. The molecule has 1 rings (SSSR count). The maximum atomic E-state index is 11.5. The van der Waals surface area contributed by atoms with Gasteiger partial charge in [-0.2, -0.15) is 0 Å². The average Bonchev–Trinajstić information content (AvgIpc) is 2.25. The molecule has 0 atom stereocenters. The van der Waals surface area contributed by atoms with E-state index in [1.54, 1.807) is 0 Å². The predicted molar refractivity (Wildman–Crippen MR) is 75.5 cm³/mol. The molecule has 18 heavy (non-hydrogen) atoms. The van der Waals surface area contributed by atoms with E-state index in [2.05, 4.69) is 21.2 Å². The molecule has 0 heterocycles. The highest BCUT2D eigenvalue weighted by Gasteiger charge is 2.11. The van der Waals surface area contributed by atoms with Crippen molar-refractivity contribution in [3.05, 3.63) is 28.7 Å². The Bertz CT molecular complexity index is 402. The molecular weight excluding hydrogens is 296 g/mol. The molecule has 5 heteroatoms. The van der Waals surface area contributed by atoms with Crippen molar-refractivity contribution < 1.29 is 9.53 Å². The fourth-order valence-corrected chi connectivity index (χ4v) is 1.61. The van der Waals surface area contributed by atoms with E-state index in [1.165, 1.54) is 0 Å². The molecule has 0 unspecified atom stereocenters. The lowest BCUT2D eigenvalue weighted by Crippen LogP contribution is -2.45. The normalized spacial score (nSPS) is 11.1. The van der Waals surface area contributed by atoms with Crippen molar-refractivity contribution in [2.45, 2.75) is 25.8 Å². The molecule has 1 aromatic rings. The third-order valence-corrected chi connectivity index (χ3v) is 2.63. The van der Waals surface area contributed by atoms with Crippen LogP contribution in [0, 0.1) is 0 Å². The van der Waals surface area contributed by atoms with Gasteiger partial charge in [-0.3, -0.25) is 4.79 Å². The molecule has 0 saturated heterocycles. The summed E-state index contributed by atoms with van der Waals surface area (Å²) in [6.07, 6.45) is 0.322. The first-order valence-electron chi connectivity index (χ1n) is 5.81. The van der Waals surface area contributed by atoms with Gasteiger partial charge >= 0.3 is 0 Å². The van der Waals surface area contributed by atoms with Crippen LogP contribution < -0.4 is 15.8 Å². The summed E-state index contributed by atoms with van der Waals surface area (Å²) < 4.78 is 6.42. The molecule has 0 aliphatic rings. The van der Waals surface area contributed by atoms with E-state index in [4.69, 9.17) is 10.5 Å². The minimum Gasteiger partial charge on any atom is -0.493 e. The third kappa shape index (κ3) is 6.61. The first kappa shape index (κ1) is 15.0. The lowest BCUT2D eigenvalue weighted by molar-refractivity contribution is -0.121. The summed E-state index contributed by atoms with van der Waals surface area (Å²) >= 11 is 3.36. The fourth-order valence-electron chi connectivity index (χ4n) is 1.23. The van der Waals surface area contributed by atoms with Crippen LogP contribution in [0.15, 0.2) is 28.7 Å².